The number of anilines is 1. The minimum absolute atomic E-state index is 0.720. The van der Waals surface area contributed by atoms with Crippen molar-refractivity contribution in [3.8, 4) is 12.3 Å². The molecule has 1 aromatic rings. The van der Waals surface area contributed by atoms with Crippen LogP contribution in [0.4, 0.5) is 5.13 Å². The quantitative estimate of drug-likeness (QED) is 0.712. The monoisotopic (exact) mass is 220 g/mol. The second-order valence-corrected chi connectivity index (χ2v) is 5.00. The highest BCUT2D eigenvalue weighted by Crippen LogP contribution is 2.28. The molecule has 1 fully saturated rings. The second kappa shape index (κ2) is 4.67. The minimum atomic E-state index is 0.720. The van der Waals surface area contributed by atoms with Crippen molar-refractivity contribution in [1.29, 1.82) is 0 Å². The van der Waals surface area contributed by atoms with Crippen LogP contribution in [0.1, 0.15) is 29.8 Å². The lowest BCUT2D eigenvalue weighted by atomic mass is 10.1. The van der Waals surface area contributed by atoms with Gasteiger partial charge in [-0.3, -0.25) is 0 Å². The molecule has 3 heteroatoms. The Labute approximate surface area is 95.3 Å². The van der Waals surface area contributed by atoms with E-state index in [2.05, 4.69) is 22.7 Å². The third-order valence-electron chi connectivity index (χ3n) is 2.77. The van der Waals surface area contributed by atoms with E-state index in [1.807, 2.05) is 0 Å². The first-order chi connectivity index (χ1) is 7.31. The Morgan fingerprint density at radius 3 is 2.80 bits per heavy atom. The molecule has 1 aliphatic rings. The molecule has 0 amide bonds. The van der Waals surface area contributed by atoms with Gasteiger partial charge in [0.25, 0.3) is 0 Å². The summed E-state index contributed by atoms with van der Waals surface area (Å²) in [7, 11) is 0. The lowest BCUT2D eigenvalue weighted by molar-refractivity contribution is 0.576. The van der Waals surface area contributed by atoms with Gasteiger partial charge >= 0.3 is 0 Å². The third kappa shape index (κ3) is 2.32. The normalized spacial score (nSPS) is 16.4. The standard InChI is InChI=1S/C12H16N2S/c1-3-7-11-10(2)13-12(15-11)14-8-5-4-6-9-14/h1H,4-9H2,2H3. The Hall–Kier alpha value is -1.01. The van der Waals surface area contributed by atoms with Crippen LogP contribution < -0.4 is 4.90 Å². The lowest BCUT2D eigenvalue weighted by Crippen LogP contribution is -2.29. The van der Waals surface area contributed by atoms with Crippen molar-refractivity contribution in [3.63, 3.8) is 0 Å². The largest absolute Gasteiger partial charge is 0.348 e. The van der Waals surface area contributed by atoms with E-state index in [0.29, 0.717) is 0 Å². The van der Waals surface area contributed by atoms with Crippen molar-refractivity contribution in [2.45, 2.75) is 32.6 Å². The molecule has 0 aromatic carbocycles. The van der Waals surface area contributed by atoms with Gasteiger partial charge in [0.1, 0.15) is 0 Å². The van der Waals surface area contributed by atoms with Gasteiger partial charge in [0.05, 0.1) is 5.69 Å². The van der Waals surface area contributed by atoms with Crippen LogP contribution in [0, 0.1) is 19.3 Å². The number of terminal acetylenes is 1. The molecule has 2 nitrogen and oxygen atoms in total. The number of hydrogen-bond donors (Lipinski definition) is 0. The molecule has 0 bridgehead atoms. The van der Waals surface area contributed by atoms with E-state index in [9.17, 15) is 0 Å². The number of piperidine rings is 1. The molecule has 0 saturated carbocycles. The molecule has 80 valence electrons. The van der Waals surface area contributed by atoms with Gasteiger partial charge < -0.3 is 4.90 Å². The highest BCUT2D eigenvalue weighted by molar-refractivity contribution is 7.15. The number of thiazole rings is 1. The predicted molar refractivity (Wildman–Crippen MR) is 65.5 cm³/mol. The summed E-state index contributed by atoms with van der Waals surface area (Å²) < 4.78 is 0. The van der Waals surface area contributed by atoms with Gasteiger partial charge in [-0.1, -0.05) is 0 Å². The molecular formula is C12H16N2S. The predicted octanol–water partition coefficient (Wildman–Crippen LogP) is 2.62. The summed E-state index contributed by atoms with van der Waals surface area (Å²) in [5.41, 5.74) is 1.11. The first-order valence-electron chi connectivity index (χ1n) is 5.46. The van der Waals surface area contributed by atoms with Crippen molar-refractivity contribution >= 4 is 16.5 Å². The summed E-state index contributed by atoms with van der Waals surface area (Å²) in [5, 5.41) is 1.16. The molecule has 0 atom stereocenters. The molecule has 0 N–H and O–H groups in total. The Bertz CT molecular complexity index is 369. The molecule has 1 saturated heterocycles. The van der Waals surface area contributed by atoms with E-state index < -0.39 is 0 Å². The summed E-state index contributed by atoms with van der Waals surface area (Å²) >= 11 is 1.76. The third-order valence-corrected chi connectivity index (χ3v) is 3.99. The highest BCUT2D eigenvalue weighted by atomic mass is 32.1. The fraction of sp³-hybridized carbons (Fsp3) is 0.583. The molecule has 0 spiro atoms. The maximum Gasteiger partial charge on any atom is 0.185 e. The van der Waals surface area contributed by atoms with E-state index in [0.717, 1.165) is 30.3 Å². The number of rotatable bonds is 2. The van der Waals surface area contributed by atoms with Crippen LogP contribution in [0.15, 0.2) is 0 Å². The average molecular weight is 220 g/mol. The van der Waals surface area contributed by atoms with Gasteiger partial charge in [0, 0.05) is 24.4 Å². The Morgan fingerprint density at radius 2 is 2.13 bits per heavy atom. The zero-order valence-corrected chi connectivity index (χ0v) is 9.94. The van der Waals surface area contributed by atoms with Crippen LogP contribution in [0.2, 0.25) is 0 Å². The molecule has 2 heterocycles. The van der Waals surface area contributed by atoms with Gasteiger partial charge in [-0.25, -0.2) is 4.98 Å². The summed E-state index contributed by atoms with van der Waals surface area (Å²) in [6.07, 6.45) is 10.0. The van der Waals surface area contributed by atoms with E-state index in [-0.39, 0.29) is 0 Å². The number of aryl methyl sites for hydroxylation is 1. The molecule has 15 heavy (non-hydrogen) atoms. The smallest absolute Gasteiger partial charge is 0.185 e. The summed E-state index contributed by atoms with van der Waals surface area (Å²) in [4.78, 5) is 8.24. The molecule has 0 unspecified atom stereocenters. The van der Waals surface area contributed by atoms with E-state index in [1.165, 1.54) is 24.1 Å². The van der Waals surface area contributed by atoms with Crippen LogP contribution in [-0.4, -0.2) is 18.1 Å². The molecule has 2 rings (SSSR count). The summed E-state index contributed by atoms with van der Waals surface area (Å²) in [5.74, 6) is 2.69. The topological polar surface area (TPSA) is 16.1 Å². The SMILES string of the molecule is C#CCc1sc(N2CCCCC2)nc1C. The number of nitrogens with zero attached hydrogens (tertiary/aromatic N) is 2. The molecule has 0 aliphatic carbocycles. The Morgan fingerprint density at radius 1 is 1.40 bits per heavy atom. The highest BCUT2D eigenvalue weighted by Gasteiger charge is 2.15. The van der Waals surface area contributed by atoms with Crippen LogP contribution >= 0.6 is 11.3 Å². The zero-order chi connectivity index (χ0) is 10.7. The lowest BCUT2D eigenvalue weighted by Gasteiger charge is -2.25. The number of aromatic nitrogens is 1. The van der Waals surface area contributed by atoms with Crippen LogP contribution in [-0.2, 0) is 6.42 Å². The summed E-state index contributed by atoms with van der Waals surface area (Å²) in [6.45, 7) is 4.36. The van der Waals surface area contributed by atoms with Crippen molar-refractivity contribution in [2.75, 3.05) is 18.0 Å². The van der Waals surface area contributed by atoms with Gasteiger partial charge in [0.15, 0.2) is 5.13 Å². The fourth-order valence-corrected chi connectivity index (χ4v) is 2.95. The van der Waals surface area contributed by atoms with Crippen LogP contribution in [0.3, 0.4) is 0 Å². The zero-order valence-electron chi connectivity index (χ0n) is 9.12. The first kappa shape index (κ1) is 10.5. The van der Waals surface area contributed by atoms with Gasteiger partial charge in [-0.2, -0.15) is 0 Å². The Kier molecular flexibility index (Phi) is 3.27. The molecule has 0 radical (unpaired) electrons. The van der Waals surface area contributed by atoms with Crippen molar-refractivity contribution in [3.05, 3.63) is 10.6 Å². The van der Waals surface area contributed by atoms with Crippen LogP contribution in [0.25, 0.3) is 0 Å². The van der Waals surface area contributed by atoms with Gasteiger partial charge in [-0.15, -0.1) is 23.7 Å². The number of hydrogen-bond acceptors (Lipinski definition) is 3. The first-order valence-corrected chi connectivity index (χ1v) is 6.27. The van der Waals surface area contributed by atoms with E-state index in [4.69, 9.17) is 6.42 Å². The van der Waals surface area contributed by atoms with Crippen molar-refractivity contribution in [1.82, 2.24) is 4.98 Å². The van der Waals surface area contributed by atoms with Gasteiger partial charge in [-0.05, 0) is 26.2 Å². The maximum absolute atomic E-state index is 5.33. The van der Waals surface area contributed by atoms with E-state index >= 15 is 0 Å². The maximum atomic E-state index is 5.33. The fourth-order valence-electron chi connectivity index (χ4n) is 1.89. The van der Waals surface area contributed by atoms with E-state index in [1.54, 1.807) is 11.3 Å². The van der Waals surface area contributed by atoms with Crippen molar-refractivity contribution < 1.29 is 0 Å². The minimum Gasteiger partial charge on any atom is -0.348 e. The second-order valence-electron chi connectivity index (χ2n) is 3.93. The van der Waals surface area contributed by atoms with Gasteiger partial charge in [0.2, 0.25) is 0 Å². The van der Waals surface area contributed by atoms with Crippen molar-refractivity contribution in [2.24, 2.45) is 0 Å². The van der Waals surface area contributed by atoms with Crippen LogP contribution in [0.5, 0.6) is 0 Å². The Balaban J connectivity index is 2.14. The molecule has 1 aromatic heterocycles. The summed E-state index contributed by atoms with van der Waals surface area (Å²) in [6, 6.07) is 0. The molecular weight excluding hydrogens is 204 g/mol. The molecule has 1 aliphatic heterocycles. The average Bonchev–Trinajstić information content (AvgIpc) is 2.63.